The molecular weight excluding hydrogens is 368 g/mol. The number of hydrogen-bond acceptors (Lipinski definition) is 5. The maximum Gasteiger partial charge on any atom is 0.289 e. The van der Waals surface area contributed by atoms with Gasteiger partial charge in [0, 0.05) is 12.6 Å². The van der Waals surface area contributed by atoms with Crippen LogP contribution in [-0.2, 0) is 22.9 Å². The normalized spacial score (nSPS) is 11.3. The second-order valence-electron chi connectivity index (χ2n) is 5.97. The molecule has 0 aliphatic heterocycles. The zero-order valence-corrected chi connectivity index (χ0v) is 16.3. The highest BCUT2D eigenvalue weighted by Gasteiger charge is 2.24. The SMILES string of the molecule is CCc1ccc(OCCCNS(=O)(=O)c2ccccc2[N+](=O)[O-])c(CC)c1. The van der Waals surface area contributed by atoms with Crippen LogP contribution in [0.3, 0.4) is 0 Å². The largest absolute Gasteiger partial charge is 0.493 e. The van der Waals surface area contributed by atoms with Crippen LogP contribution in [0, 0.1) is 10.1 Å². The van der Waals surface area contributed by atoms with Crippen LogP contribution in [-0.4, -0.2) is 26.5 Å². The molecule has 0 spiro atoms. The number of nitrogens with zero attached hydrogens (tertiary/aromatic N) is 1. The Morgan fingerprint density at radius 1 is 1.11 bits per heavy atom. The van der Waals surface area contributed by atoms with Crippen LogP contribution in [0.4, 0.5) is 5.69 Å². The van der Waals surface area contributed by atoms with Gasteiger partial charge in [-0.1, -0.05) is 38.1 Å². The van der Waals surface area contributed by atoms with E-state index >= 15 is 0 Å². The molecule has 2 aromatic carbocycles. The molecule has 0 aromatic heterocycles. The fourth-order valence-electron chi connectivity index (χ4n) is 2.64. The van der Waals surface area contributed by atoms with Gasteiger partial charge < -0.3 is 4.74 Å². The quantitative estimate of drug-likeness (QED) is 0.379. The molecule has 0 radical (unpaired) electrons. The fraction of sp³-hybridized carbons (Fsp3) is 0.368. The Balaban J connectivity index is 1.91. The van der Waals surface area contributed by atoms with Crippen molar-refractivity contribution in [2.45, 2.75) is 38.0 Å². The van der Waals surface area contributed by atoms with Crippen molar-refractivity contribution in [2.75, 3.05) is 13.2 Å². The first-order valence-electron chi connectivity index (χ1n) is 8.86. The average Bonchev–Trinajstić information content (AvgIpc) is 2.67. The van der Waals surface area contributed by atoms with Crippen molar-refractivity contribution in [2.24, 2.45) is 0 Å². The zero-order chi connectivity index (χ0) is 19.9. The van der Waals surface area contributed by atoms with Crippen LogP contribution in [0.5, 0.6) is 5.75 Å². The first-order valence-corrected chi connectivity index (χ1v) is 10.3. The van der Waals surface area contributed by atoms with Gasteiger partial charge in [-0.15, -0.1) is 0 Å². The van der Waals surface area contributed by atoms with E-state index in [0.717, 1.165) is 24.2 Å². The molecule has 8 heteroatoms. The summed E-state index contributed by atoms with van der Waals surface area (Å²) in [5.74, 6) is 0.802. The van der Waals surface area contributed by atoms with E-state index < -0.39 is 20.6 Å². The summed E-state index contributed by atoms with van der Waals surface area (Å²) in [6.07, 6.45) is 2.26. The highest BCUT2D eigenvalue weighted by Crippen LogP contribution is 2.23. The molecule has 27 heavy (non-hydrogen) atoms. The van der Waals surface area contributed by atoms with Gasteiger partial charge >= 0.3 is 0 Å². The molecule has 1 N–H and O–H groups in total. The van der Waals surface area contributed by atoms with Gasteiger partial charge in [0.25, 0.3) is 5.69 Å². The third-order valence-corrected chi connectivity index (χ3v) is 5.64. The van der Waals surface area contributed by atoms with Gasteiger partial charge in [-0.2, -0.15) is 0 Å². The van der Waals surface area contributed by atoms with Crippen molar-refractivity contribution in [1.82, 2.24) is 4.72 Å². The molecule has 0 aliphatic carbocycles. The number of nitro groups is 1. The number of benzene rings is 2. The van der Waals surface area contributed by atoms with E-state index in [0.29, 0.717) is 13.0 Å². The number of sulfonamides is 1. The molecule has 0 saturated heterocycles. The maximum absolute atomic E-state index is 12.3. The lowest BCUT2D eigenvalue weighted by Crippen LogP contribution is -2.26. The molecule has 0 fully saturated rings. The number of nitro benzene ring substituents is 1. The van der Waals surface area contributed by atoms with Gasteiger partial charge in [0.2, 0.25) is 10.0 Å². The van der Waals surface area contributed by atoms with Crippen LogP contribution in [0.25, 0.3) is 0 Å². The summed E-state index contributed by atoms with van der Waals surface area (Å²) in [6.45, 7) is 4.63. The molecule has 0 heterocycles. The van der Waals surface area contributed by atoms with E-state index in [2.05, 4.69) is 24.6 Å². The van der Waals surface area contributed by atoms with Crippen LogP contribution in [0.1, 0.15) is 31.4 Å². The molecule has 0 unspecified atom stereocenters. The Kier molecular flexibility index (Phi) is 7.32. The predicted octanol–water partition coefficient (Wildman–Crippen LogP) is 3.47. The molecule has 0 bridgehead atoms. The van der Waals surface area contributed by atoms with Gasteiger partial charge in [0.15, 0.2) is 4.90 Å². The number of aryl methyl sites for hydroxylation is 2. The molecule has 0 saturated carbocycles. The standard InChI is InChI=1S/C19H24N2O5S/c1-3-15-10-11-18(16(4-2)14-15)26-13-7-12-20-27(24,25)19-9-6-5-8-17(19)21(22)23/h5-6,8-11,14,20H,3-4,7,12-13H2,1-2H3. The Morgan fingerprint density at radius 2 is 1.85 bits per heavy atom. The smallest absolute Gasteiger partial charge is 0.289 e. The van der Waals surface area contributed by atoms with Crippen LogP contribution >= 0.6 is 0 Å². The Morgan fingerprint density at radius 3 is 2.52 bits per heavy atom. The summed E-state index contributed by atoms with van der Waals surface area (Å²) in [6, 6.07) is 11.4. The minimum atomic E-state index is -3.95. The summed E-state index contributed by atoms with van der Waals surface area (Å²) in [5.41, 5.74) is 1.93. The van der Waals surface area contributed by atoms with Crippen LogP contribution in [0.15, 0.2) is 47.4 Å². The molecule has 2 rings (SSSR count). The number of ether oxygens (including phenoxy) is 1. The van der Waals surface area contributed by atoms with Crippen molar-refractivity contribution in [1.29, 1.82) is 0 Å². The van der Waals surface area contributed by atoms with Gasteiger partial charge in [0.05, 0.1) is 11.5 Å². The minimum absolute atomic E-state index is 0.128. The monoisotopic (exact) mass is 392 g/mol. The summed E-state index contributed by atoms with van der Waals surface area (Å²) < 4.78 is 32.8. The molecular formula is C19H24N2O5S. The van der Waals surface area contributed by atoms with E-state index in [-0.39, 0.29) is 11.4 Å². The summed E-state index contributed by atoms with van der Waals surface area (Å²) in [5, 5.41) is 11.0. The minimum Gasteiger partial charge on any atom is -0.493 e. The Hall–Kier alpha value is -2.45. The van der Waals surface area contributed by atoms with Gasteiger partial charge in [-0.05, 0) is 42.5 Å². The lowest BCUT2D eigenvalue weighted by atomic mass is 10.1. The van der Waals surface area contributed by atoms with Crippen molar-refractivity contribution in [3.8, 4) is 5.75 Å². The second kappa shape index (κ2) is 9.48. The van der Waals surface area contributed by atoms with E-state index in [1.807, 2.05) is 12.1 Å². The molecule has 2 aromatic rings. The Labute approximate surface area is 159 Å². The summed E-state index contributed by atoms with van der Waals surface area (Å²) >= 11 is 0. The summed E-state index contributed by atoms with van der Waals surface area (Å²) in [7, 11) is -3.95. The van der Waals surface area contributed by atoms with Crippen molar-refractivity contribution in [3.05, 3.63) is 63.7 Å². The average molecular weight is 392 g/mol. The lowest BCUT2D eigenvalue weighted by molar-refractivity contribution is -0.387. The fourth-order valence-corrected chi connectivity index (χ4v) is 3.89. The third-order valence-electron chi connectivity index (χ3n) is 4.14. The van der Waals surface area contributed by atoms with Crippen LogP contribution < -0.4 is 9.46 Å². The van der Waals surface area contributed by atoms with Gasteiger partial charge in [0.1, 0.15) is 5.75 Å². The molecule has 7 nitrogen and oxygen atoms in total. The van der Waals surface area contributed by atoms with Crippen molar-refractivity contribution in [3.63, 3.8) is 0 Å². The summed E-state index contributed by atoms with van der Waals surface area (Å²) in [4.78, 5) is 9.96. The molecule has 0 aliphatic rings. The Bertz CT molecular complexity index is 897. The third kappa shape index (κ3) is 5.51. The molecule has 0 atom stereocenters. The van der Waals surface area contributed by atoms with E-state index in [1.165, 1.54) is 29.8 Å². The maximum atomic E-state index is 12.3. The van der Waals surface area contributed by atoms with Gasteiger partial charge in [-0.3, -0.25) is 10.1 Å². The molecule has 146 valence electrons. The van der Waals surface area contributed by atoms with E-state index in [1.54, 1.807) is 0 Å². The first-order chi connectivity index (χ1) is 12.9. The highest BCUT2D eigenvalue weighted by molar-refractivity contribution is 7.89. The number of para-hydroxylation sites is 1. The lowest BCUT2D eigenvalue weighted by Gasteiger charge is -2.12. The number of hydrogen-bond donors (Lipinski definition) is 1. The van der Waals surface area contributed by atoms with Crippen molar-refractivity contribution < 1.29 is 18.1 Å². The van der Waals surface area contributed by atoms with E-state index in [9.17, 15) is 18.5 Å². The van der Waals surface area contributed by atoms with Crippen LogP contribution in [0.2, 0.25) is 0 Å². The number of rotatable bonds is 10. The number of nitrogens with one attached hydrogen (secondary N) is 1. The van der Waals surface area contributed by atoms with Crippen molar-refractivity contribution >= 4 is 15.7 Å². The molecule has 0 amide bonds. The predicted molar refractivity (Wildman–Crippen MR) is 104 cm³/mol. The highest BCUT2D eigenvalue weighted by atomic mass is 32.2. The topological polar surface area (TPSA) is 98.5 Å². The first kappa shape index (κ1) is 20.9. The van der Waals surface area contributed by atoms with Gasteiger partial charge in [-0.25, -0.2) is 13.1 Å². The van der Waals surface area contributed by atoms with E-state index in [4.69, 9.17) is 4.74 Å². The zero-order valence-electron chi connectivity index (χ0n) is 15.5. The second-order valence-corrected chi connectivity index (χ2v) is 7.71.